The van der Waals surface area contributed by atoms with Gasteiger partial charge in [0, 0.05) is 26.4 Å². The molecule has 0 bridgehead atoms. The van der Waals surface area contributed by atoms with E-state index in [1.54, 1.807) is 19.2 Å². The number of guanidine groups is 1. The van der Waals surface area contributed by atoms with Gasteiger partial charge in [0.2, 0.25) is 0 Å². The minimum Gasteiger partial charge on any atom is -0.356 e. The molecule has 0 unspecified atom stereocenters. The molecule has 0 fully saturated rings. The van der Waals surface area contributed by atoms with Crippen molar-refractivity contribution in [2.24, 2.45) is 4.99 Å². The number of hydrogen-bond donors (Lipinski definition) is 2. The fraction of sp³-hybridized carbons (Fsp3) is 0.350. The second-order valence-electron chi connectivity index (χ2n) is 6.45. The van der Waals surface area contributed by atoms with E-state index >= 15 is 0 Å². The van der Waals surface area contributed by atoms with Gasteiger partial charge in [0.25, 0.3) is 0 Å². The lowest BCUT2D eigenvalue weighted by atomic mass is 10.1. The van der Waals surface area contributed by atoms with Gasteiger partial charge >= 0.3 is 0 Å². The largest absolute Gasteiger partial charge is 0.356 e. The van der Waals surface area contributed by atoms with Crippen molar-refractivity contribution in [2.45, 2.75) is 31.7 Å². The van der Waals surface area contributed by atoms with Crippen molar-refractivity contribution < 1.29 is 8.42 Å². The molecule has 2 aromatic rings. The smallest absolute Gasteiger partial charge is 0.191 e. The van der Waals surface area contributed by atoms with Crippen molar-refractivity contribution in [1.29, 1.82) is 0 Å². The Labute approximate surface area is 179 Å². The average molecular weight is 501 g/mol. The van der Waals surface area contributed by atoms with E-state index in [-0.39, 0.29) is 24.0 Å². The number of aryl methyl sites for hydroxylation is 2. The Hall–Kier alpha value is -1.61. The first kappa shape index (κ1) is 23.4. The first-order chi connectivity index (χ1) is 12.3. The number of halogens is 1. The summed E-state index contributed by atoms with van der Waals surface area (Å²) in [7, 11) is -1.39. The highest BCUT2D eigenvalue weighted by Crippen LogP contribution is 2.11. The highest BCUT2D eigenvalue weighted by molar-refractivity contribution is 14.0. The van der Waals surface area contributed by atoms with E-state index in [1.165, 1.54) is 22.9 Å². The van der Waals surface area contributed by atoms with E-state index in [0.29, 0.717) is 11.4 Å². The highest BCUT2D eigenvalue weighted by atomic mass is 127. The maximum atomic E-state index is 11.5. The minimum atomic E-state index is -3.14. The Morgan fingerprint density at radius 1 is 1.04 bits per heavy atom. The Morgan fingerprint density at radius 3 is 2.26 bits per heavy atom. The third-order valence-corrected chi connectivity index (χ3v) is 5.35. The Morgan fingerprint density at radius 2 is 1.70 bits per heavy atom. The number of nitrogens with zero attached hydrogens (tertiary/aromatic N) is 1. The molecular weight excluding hydrogens is 473 g/mol. The highest BCUT2D eigenvalue weighted by Gasteiger charge is 2.06. The van der Waals surface area contributed by atoms with E-state index in [0.717, 1.165) is 24.5 Å². The van der Waals surface area contributed by atoms with Gasteiger partial charge in [-0.05, 0) is 49.1 Å². The molecule has 2 aromatic carbocycles. The zero-order valence-corrected chi connectivity index (χ0v) is 19.4. The van der Waals surface area contributed by atoms with Gasteiger partial charge in [-0.15, -0.1) is 24.0 Å². The van der Waals surface area contributed by atoms with Crippen LogP contribution in [-0.2, 0) is 22.8 Å². The molecule has 0 aliphatic heterocycles. The minimum absolute atomic E-state index is 0. The van der Waals surface area contributed by atoms with E-state index in [2.05, 4.69) is 47.7 Å². The fourth-order valence-corrected chi connectivity index (χ4v) is 3.30. The molecule has 0 aromatic heterocycles. The lowest BCUT2D eigenvalue weighted by molar-refractivity contribution is 0.602. The molecule has 0 aliphatic rings. The summed E-state index contributed by atoms with van der Waals surface area (Å²) in [6.45, 7) is 5.63. The van der Waals surface area contributed by atoms with Gasteiger partial charge in [0.15, 0.2) is 15.8 Å². The molecule has 148 valence electrons. The molecule has 0 amide bonds. The first-order valence-electron chi connectivity index (χ1n) is 8.59. The van der Waals surface area contributed by atoms with Crippen LogP contribution in [0.15, 0.2) is 52.4 Å². The summed E-state index contributed by atoms with van der Waals surface area (Å²) in [4.78, 5) is 4.59. The van der Waals surface area contributed by atoms with Crippen molar-refractivity contribution in [3.8, 4) is 0 Å². The predicted molar refractivity (Wildman–Crippen MR) is 123 cm³/mol. The summed E-state index contributed by atoms with van der Waals surface area (Å²) >= 11 is 0. The second kappa shape index (κ2) is 10.7. The van der Waals surface area contributed by atoms with E-state index in [4.69, 9.17) is 0 Å². The number of sulfone groups is 1. The second-order valence-corrected chi connectivity index (χ2v) is 8.46. The molecule has 0 aliphatic carbocycles. The number of nitrogens with one attached hydrogen (secondary N) is 2. The van der Waals surface area contributed by atoms with Gasteiger partial charge < -0.3 is 10.6 Å². The number of benzene rings is 2. The molecule has 0 heterocycles. The van der Waals surface area contributed by atoms with Gasteiger partial charge in [0.05, 0.1) is 4.90 Å². The number of hydrogen-bond acceptors (Lipinski definition) is 3. The van der Waals surface area contributed by atoms with Crippen LogP contribution in [0.5, 0.6) is 0 Å². The maximum absolute atomic E-state index is 11.5. The quantitative estimate of drug-likeness (QED) is 0.362. The van der Waals surface area contributed by atoms with Crippen molar-refractivity contribution in [1.82, 2.24) is 10.6 Å². The molecule has 2 N–H and O–H groups in total. The van der Waals surface area contributed by atoms with Gasteiger partial charge in [0.1, 0.15) is 0 Å². The van der Waals surface area contributed by atoms with E-state index < -0.39 is 9.84 Å². The fourth-order valence-electron chi connectivity index (χ4n) is 2.67. The average Bonchev–Trinajstić information content (AvgIpc) is 2.59. The molecule has 5 nitrogen and oxygen atoms in total. The topological polar surface area (TPSA) is 70.6 Å². The summed E-state index contributed by atoms with van der Waals surface area (Å²) in [5.41, 5.74) is 4.85. The Kier molecular flexibility index (Phi) is 9.25. The van der Waals surface area contributed by atoms with Gasteiger partial charge in [-0.3, -0.25) is 4.99 Å². The zero-order chi connectivity index (χ0) is 19.2. The summed E-state index contributed by atoms with van der Waals surface area (Å²) < 4.78 is 23.0. The molecule has 27 heavy (non-hydrogen) atoms. The van der Waals surface area contributed by atoms with E-state index in [1.807, 2.05) is 12.1 Å². The molecule has 0 saturated carbocycles. The summed E-state index contributed by atoms with van der Waals surface area (Å²) in [6.07, 6.45) is 2.00. The van der Waals surface area contributed by atoms with Crippen LogP contribution >= 0.6 is 24.0 Å². The van der Waals surface area contributed by atoms with Crippen molar-refractivity contribution in [3.05, 3.63) is 64.7 Å². The van der Waals surface area contributed by atoms with Gasteiger partial charge in [-0.1, -0.05) is 35.9 Å². The van der Waals surface area contributed by atoms with Crippen LogP contribution in [0.1, 0.15) is 22.3 Å². The summed E-state index contributed by atoms with van der Waals surface area (Å²) in [5.74, 6) is 0.748. The summed E-state index contributed by atoms with van der Waals surface area (Å²) in [6, 6.07) is 13.4. The van der Waals surface area contributed by atoms with Crippen LogP contribution in [0.3, 0.4) is 0 Å². The third kappa shape index (κ3) is 7.50. The van der Waals surface area contributed by atoms with Crippen LogP contribution in [0.2, 0.25) is 0 Å². The van der Waals surface area contributed by atoms with Crippen LogP contribution in [0.25, 0.3) is 0 Å². The van der Waals surface area contributed by atoms with E-state index in [9.17, 15) is 8.42 Å². The summed E-state index contributed by atoms with van der Waals surface area (Å²) in [5, 5.41) is 6.61. The molecule has 0 atom stereocenters. The molecular formula is C20H28IN3O2S. The first-order valence-corrected chi connectivity index (χ1v) is 10.5. The molecule has 2 rings (SSSR count). The SMILES string of the molecule is CN=C(NCCc1ccc(S(C)(=O)=O)cc1)NCc1ccc(C)cc1C.I. The van der Waals surface area contributed by atoms with Crippen molar-refractivity contribution in [2.75, 3.05) is 19.8 Å². The zero-order valence-electron chi connectivity index (χ0n) is 16.2. The molecule has 0 spiro atoms. The third-order valence-electron chi connectivity index (χ3n) is 4.23. The lowest BCUT2D eigenvalue weighted by Gasteiger charge is -2.13. The van der Waals surface area contributed by atoms with Crippen LogP contribution in [0, 0.1) is 13.8 Å². The van der Waals surface area contributed by atoms with Crippen LogP contribution in [0.4, 0.5) is 0 Å². The molecule has 7 heteroatoms. The number of rotatable bonds is 6. The Bertz CT molecular complexity index is 879. The Balaban J connectivity index is 0.00000364. The van der Waals surface area contributed by atoms with Crippen molar-refractivity contribution in [3.63, 3.8) is 0 Å². The van der Waals surface area contributed by atoms with Crippen LogP contribution < -0.4 is 10.6 Å². The predicted octanol–water partition coefficient (Wildman–Crippen LogP) is 3.23. The van der Waals surface area contributed by atoms with Crippen molar-refractivity contribution >= 4 is 39.8 Å². The van der Waals surface area contributed by atoms with Gasteiger partial charge in [-0.25, -0.2) is 8.42 Å². The van der Waals surface area contributed by atoms with Crippen LogP contribution in [-0.4, -0.2) is 34.2 Å². The standard InChI is InChI=1S/C20H27N3O2S.HI/c1-15-5-8-18(16(2)13-15)14-23-20(21-3)22-12-11-17-6-9-19(10-7-17)26(4,24)25;/h5-10,13H,11-12,14H2,1-4H3,(H2,21,22,23);1H. The molecule has 0 radical (unpaired) electrons. The molecule has 0 saturated heterocycles. The normalized spacial score (nSPS) is 11.6. The lowest BCUT2D eigenvalue weighted by Crippen LogP contribution is -2.38. The maximum Gasteiger partial charge on any atom is 0.191 e. The van der Waals surface area contributed by atoms with Gasteiger partial charge in [-0.2, -0.15) is 0 Å². The number of aliphatic imine (C=N–C) groups is 1. The monoisotopic (exact) mass is 501 g/mol.